The molecule has 2 aliphatic rings. The standard InChI is InChI=1S/C21H31N5O2S/c1-3-25(4-2)19(27)11-10-17-13-22-20(28)18-12-16(14-26(17)18)24-21(29)23-15-8-6-5-7-9-15/h5-9,16-18H,3-4,10-14H2,1-2H3,(H,22,28)(H2,23,24,29)/t16-,17+,18-/m0/s1. The van der Waals surface area contributed by atoms with Gasteiger partial charge in [0.1, 0.15) is 0 Å². The zero-order valence-electron chi connectivity index (χ0n) is 17.2. The molecule has 29 heavy (non-hydrogen) atoms. The molecule has 2 fully saturated rings. The number of benzene rings is 1. The molecule has 7 nitrogen and oxygen atoms in total. The maximum Gasteiger partial charge on any atom is 0.237 e. The van der Waals surface area contributed by atoms with Gasteiger partial charge in [0.15, 0.2) is 5.11 Å². The third kappa shape index (κ3) is 5.45. The molecule has 2 saturated heterocycles. The van der Waals surface area contributed by atoms with Crippen molar-refractivity contribution in [3.05, 3.63) is 30.3 Å². The Morgan fingerprint density at radius 2 is 2.00 bits per heavy atom. The highest BCUT2D eigenvalue weighted by molar-refractivity contribution is 7.80. The lowest BCUT2D eigenvalue weighted by Crippen LogP contribution is -2.58. The predicted molar refractivity (Wildman–Crippen MR) is 119 cm³/mol. The second kappa shape index (κ2) is 10.0. The number of anilines is 1. The fraction of sp³-hybridized carbons (Fsp3) is 0.571. The molecule has 1 aromatic carbocycles. The van der Waals surface area contributed by atoms with Crippen molar-refractivity contribution in [1.29, 1.82) is 0 Å². The van der Waals surface area contributed by atoms with Crippen molar-refractivity contribution in [2.75, 3.05) is 31.5 Å². The third-order valence-corrected chi connectivity index (χ3v) is 6.02. The van der Waals surface area contributed by atoms with Gasteiger partial charge in [-0.1, -0.05) is 18.2 Å². The number of para-hydroxylation sites is 1. The van der Waals surface area contributed by atoms with Crippen molar-refractivity contribution in [1.82, 2.24) is 20.4 Å². The zero-order valence-corrected chi connectivity index (χ0v) is 18.0. The number of fused-ring (bicyclic) bond motifs is 1. The van der Waals surface area contributed by atoms with Crippen LogP contribution in [-0.4, -0.2) is 71.0 Å². The summed E-state index contributed by atoms with van der Waals surface area (Å²) in [6, 6.07) is 9.91. The molecule has 1 aromatic rings. The van der Waals surface area contributed by atoms with E-state index in [1.54, 1.807) is 0 Å². The van der Waals surface area contributed by atoms with E-state index in [0.29, 0.717) is 24.5 Å². The van der Waals surface area contributed by atoms with Crippen molar-refractivity contribution >= 4 is 34.8 Å². The molecular formula is C21H31N5O2S. The van der Waals surface area contributed by atoms with Crippen LogP contribution in [0.15, 0.2) is 30.3 Å². The summed E-state index contributed by atoms with van der Waals surface area (Å²) in [5.41, 5.74) is 0.936. The summed E-state index contributed by atoms with van der Waals surface area (Å²) >= 11 is 5.45. The highest BCUT2D eigenvalue weighted by Gasteiger charge is 2.43. The number of rotatable bonds is 7. The number of nitrogens with one attached hydrogen (secondary N) is 3. The largest absolute Gasteiger partial charge is 0.358 e. The molecule has 8 heteroatoms. The van der Waals surface area contributed by atoms with Crippen LogP contribution in [0.25, 0.3) is 0 Å². The molecule has 3 N–H and O–H groups in total. The molecule has 0 spiro atoms. The molecule has 2 amide bonds. The molecule has 0 radical (unpaired) electrons. The quantitative estimate of drug-likeness (QED) is 0.585. The second-order valence-corrected chi connectivity index (χ2v) is 8.02. The number of hydrogen-bond donors (Lipinski definition) is 3. The van der Waals surface area contributed by atoms with Crippen LogP contribution in [0.3, 0.4) is 0 Å². The topological polar surface area (TPSA) is 76.7 Å². The van der Waals surface area contributed by atoms with E-state index in [1.807, 2.05) is 49.1 Å². The lowest BCUT2D eigenvalue weighted by atomic mass is 10.0. The van der Waals surface area contributed by atoms with E-state index in [4.69, 9.17) is 12.2 Å². The maximum atomic E-state index is 12.4. The number of carbonyl (C=O) groups excluding carboxylic acids is 2. The molecular weight excluding hydrogens is 386 g/mol. The van der Waals surface area contributed by atoms with Gasteiger partial charge in [-0.3, -0.25) is 14.5 Å². The van der Waals surface area contributed by atoms with E-state index in [9.17, 15) is 9.59 Å². The minimum Gasteiger partial charge on any atom is -0.358 e. The van der Waals surface area contributed by atoms with E-state index >= 15 is 0 Å². The van der Waals surface area contributed by atoms with Gasteiger partial charge in [0.25, 0.3) is 0 Å². The highest BCUT2D eigenvalue weighted by atomic mass is 32.1. The van der Waals surface area contributed by atoms with Crippen molar-refractivity contribution in [2.45, 2.75) is 51.2 Å². The van der Waals surface area contributed by atoms with Crippen molar-refractivity contribution in [2.24, 2.45) is 0 Å². The average Bonchev–Trinajstić information content (AvgIpc) is 3.13. The van der Waals surface area contributed by atoms with Crippen LogP contribution in [-0.2, 0) is 9.59 Å². The summed E-state index contributed by atoms with van der Waals surface area (Å²) in [7, 11) is 0. The minimum absolute atomic E-state index is 0.0718. The van der Waals surface area contributed by atoms with E-state index < -0.39 is 0 Å². The van der Waals surface area contributed by atoms with Gasteiger partial charge in [-0.15, -0.1) is 0 Å². The Bertz CT molecular complexity index is 725. The van der Waals surface area contributed by atoms with Gasteiger partial charge in [0.2, 0.25) is 11.8 Å². The zero-order chi connectivity index (χ0) is 20.8. The summed E-state index contributed by atoms with van der Waals surface area (Å²) < 4.78 is 0. The Balaban J connectivity index is 1.54. The van der Waals surface area contributed by atoms with Crippen LogP contribution in [0.5, 0.6) is 0 Å². The van der Waals surface area contributed by atoms with Gasteiger partial charge in [-0.2, -0.15) is 0 Å². The number of thiocarbonyl (C=S) groups is 1. The number of hydrogen-bond acceptors (Lipinski definition) is 4. The molecule has 3 rings (SSSR count). The number of amides is 2. The molecule has 0 bridgehead atoms. The first-order chi connectivity index (χ1) is 14.0. The second-order valence-electron chi connectivity index (χ2n) is 7.61. The molecule has 0 aliphatic carbocycles. The van der Waals surface area contributed by atoms with E-state index in [2.05, 4.69) is 20.9 Å². The molecule has 0 unspecified atom stereocenters. The fourth-order valence-corrected chi connectivity index (χ4v) is 4.53. The SMILES string of the molecule is CCN(CC)C(=O)CC[C@@H]1CNC(=O)[C@@H]2C[C@H](NC(=S)Nc3ccccc3)CN12. The first-order valence-corrected chi connectivity index (χ1v) is 10.9. The van der Waals surface area contributed by atoms with Crippen LogP contribution in [0.2, 0.25) is 0 Å². The average molecular weight is 418 g/mol. The Morgan fingerprint density at radius 3 is 2.69 bits per heavy atom. The van der Waals surface area contributed by atoms with Crippen LogP contribution >= 0.6 is 12.2 Å². The van der Waals surface area contributed by atoms with Crippen LogP contribution in [0.4, 0.5) is 5.69 Å². The molecule has 158 valence electrons. The van der Waals surface area contributed by atoms with Crippen molar-refractivity contribution in [3.63, 3.8) is 0 Å². The minimum atomic E-state index is -0.158. The predicted octanol–water partition coefficient (Wildman–Crippen LogP) is 1.56. The first-order valence-electron chi connectivity index (χ1n) is 10.5. The van der Waals surface area contributed by atoms with E-state index in [0.717, 1.165) is 31.7 Å². The van der Waals surface area contributed by atoms with Gasteiger partial charge < -0.3 is 20.9 Å². The van der Waals surface area contributed by atoms with Crippen LogP contribution < -0.4 is 16.0 Å². The highest BCUT2D eigenvalue weighted by Crippen LogP contribution is 2.26. The number of piperazine rings is 1. The van der Waals surface area contributed by atoms with Crippen LogP contribution in [0, 0.1) is 0 Å². The summed E-state index contributed by atoms with van der Waals surface area (Å²) in [5, 5.41) is 10.1. The maximum absolute atomic E-state index is 12.4. The Labute approximate surface area is 178 Å². The van der Waals surface area contributed by atoms with Gasteiger partial charge >= 0.3 is 0 Å². The summed E-state index contributed by atoms with van der Waals surface area (Å²) in [6.45, 7) is 6.82. The van der Waals surface area contributed by atoms with Gasteiger partial charge in [0.05, 0.1) is 6.04 Å². The summed E-state index contributed by atoms with van der Waals surface area (Å²) in [6.07, 6.45) is 1.98. The summed E-state index contributed by atoms with van der Waals surface area (Å²) in [4.78, 5) is 28.9. The van der Waals surface area contributed by atoms with Gasteiger partial charge in [-0.05, 0) is 51.0 Å². The monoisotopic (exact) mass is 417 g/mol. The first kappa shape index (κ1) is 21.5. The molecule has 2 heterocycles. The van der Waals surface area contributed by atoms with E-state index in [-0.39, 0.29) is 29.9 Å². The lowest BCUT2D eigenvalue weighted by Gasteiger charge is -2.37. The van der Waals surface area contributed by atoms with Crippen LogP contribution in [0.1, 0.15) is 33.1 Å². The Kier molecular flexibility index (Phi) is 7.44. The third-order valence-electron chi connectivity index (χ3n) is 5.80. The van der Waals surface area contributed by atoms with Crippen molar-refractivity contribution < 1.29 is 9.59 Å². The Hall–Kier alpha value is -2.19. The fourth-order valence-electron chi connectivity index (χ4n) is 4.25. The van der Waals surface area contributed by atoms with Gasteiger partial charge in [0, 0.05) is 50.4 Å². The normalized spacial score (nSPS) is 23.8. The Morgan fingerprint density at radius 1 is 1.28 bits per heavy atom. The summed E-state index contributed by atoms with van der Waals surface area (Å²) in [5.74, 6) is 0.258. The van der Waals surface area contributed by atoms with E-state index in [1.165, 1.54) is 0 Å². The molecule has 3 atom stereocenters. The number of nitrogens with zero attached hydrogens (tertiary/aromatic N) is 2. The van der Waals surface area contributed by atoms with Crippen molar-refractivity contribution in [3.8, 4) is 0 Å². The lowest BCUT2D eigenvalue weighted by molar-refractivity contribution is -0.132. The smallest absolute Gasteiger partial charge is 0.237 e. The number of carbonyl (C=O) groups is 2. The van der Waals surface area contributed by atoms with Gasteiger partial charge in [-0.25, -0.2) is 0 Å². The molecule has 0 aromatic heterocycles. The molecule has 0 saturated carbocycles. The molecule has 2 aliphatic heterocycles.